The highest BCUT2D eigenvalue weighted by Gasteiger charge is 2.19. The van der Waals surface area contributed by atoms with Gasteiger partial charge in [0.15, 0.2) is 5.82 Å². The predicted molar refractivity (Wildman–Crippen MR) is 102 cm³/mol. The van der Waals surface area contributed by atoms with E-state index in [-0.39, 0.29) is 28.6 Å². The molecular weight excluding hydrogens is 413 g/mol. The summed E-state index contributed by atoms with van der Waals surface area (Å²) in [6.45, 7) is 1.68. The van der Waals surface area contributed by atoms with Crippen molar-refractivity contribution < 1.29 is 8.42 Å². The van der Waals surface area contributed by atoms with Crippen molar-refractivity contribution in [3.8, 4) is 5.82 Å². The largest absolute Gasteiger partial charge is 0.268 e. The van der Waals surface area contributed by atoms with Gasteiger partial charge >= 0.3 is 0 Å². The second-order valence-corrected chi connectivity index (χ2v) is 8.18. The average molecular weight is 428 g/mol. The van der Waals surface area contributed by atoms with Crippen LogP contribution in [0.5, 0.6) is 0 Å². The van der Waals surface area contributed by atoms with Gasteiger partial charge in [-0.05, 0) is 36.8 Å². The number of benzene rings is 1. The number of nitrogens with one attached hydrogen (secondary N) is 1. The summed E-state index contributed by atoms with van der Waals surface area (Å²) in [5.41, 5.74) is 0.233. The monoisotopic (exact) mass is 427 g/mol. The van der Waals surface area contributed by atoms with Crippen molar-refractivity contribution in [2.75, 3.05) is 6.54 Å². The van der Waals surface area contributed by atoms with E-state index in [9.17, 15) is 13.2 Å². The fourth-order valence-corrected chi connectivity index (χ4v) is 4.18. The molecule has 11 heteroatoms. The Morgan fingerprint density at radius 1 is 1.19 bits per heavy atom. The molecule has 142 valence electrons. The first kappa shape index (κ1) is 19.6. The number of sulfonamides is 1. The zero-order chi connectivity index (χ0) is 19.6. The minimum Gasteiger partial charge on any atom is -0.268 e. The van der Waals surface area contributed by atoms with Crippen molar-refractivity contribution >= 4 is 33.2 Å². The highest BCUT2D eigenvalue weighted by atomic mass is 35.5. The molecular formula is C16H15Cl2N5O3S. The summed E-state index contributed by atoms with van der Waals surface area (Å²) in [6.07, 6.45) is 3.27. The van der Waals surface area contributed by atoms with Crippen LogP contribution in [0.25, 0.3) is 5.82 Å². The third-order valence-electron chi connectivity index (χ3n) is 3.71. The third kappa shape index (κ3) is 4.38. The van der Waals surface area contributed by atoms with Crippen molar-refractivity contribution in [3.05, 3.63) is 68.7 Å². The fraction of sp³-hybridized carbons (Fsp3) is 0.188. The molecule has 27 heavy (non-hydrogen) atoms. The number of nitrogens with zero attached hydrogens (tertiary/aromatic N) is 4. The summed E-state index contributed by atoms with van der Waals surface area (Å²) < 4.78 is 30.0. The second kappa shape index (κ2) is 7.81. The normalized spacial score (nSPS) is 11.7. The lowest BCUT2D eigenvalue weighted by Crippen LogP contribution is -2.32. The molecule has 0 aliphatic heterocycles. The molecule has 0 saturated carbocycles. The van der Waals surface area contributed by atoms with Crippen molar-refractivity contribution in [1.82, 2.24) is 24.3 Å². The fourth-order valence-electron chi connectivity index (χ4n) is 2.33. The highest BCUT2D eigenvalue weighted by molar-refractivity contribution is 7.89. The molecule has 0 aliphatic rings. The van der Waals surface area contributed by atoms with E-state index in [2.05, 4.69) is 14.9 Å². The first-order valence-electron chi connectivity index (χ1n) is 7.81. The lowest BCUT2D eigenvalue weighted by Gasteiger charge is -2.11. The zero-order valence-corrected chi connectivity index (χ0v) is 16.5. The van der Waals surface area contributed by atoms with E-state index in [0.717, 1.165) is 4.68 Å². The quantitative estimate of drug-likeness (QED) is 0.648. The molecule has 8 nitrogen and oxygen atoms in total. The number of hydrogen-bond acceptors (Lipinski definition) is 5. The van der Waals surface area contributed by atoms with E-state index in [0.29, 0.717) is 16.4 Å². The lowest BCUT2D eigenvalue weighted by molar-refractivity contribution is 0.542. The van der Waals surface area contributed by atoms with Gasteiger partial charge in [0.1, 0.15) is 4.90 Å². The van der Waals surface area contributed by atoms with E-state index in [1.807, 2.05) is 0 Å². The van der Waals surface area contributed by atoms with Gasteiger partial charge in [-0.2, -0.15) is 5.10 Å². The maximum atomic E-state index is 12.5. The van der Waals surface area contributed by atoms with Gasteiger partial charge in [0.2, 0.25) is 10.0 Å². The molecule has 0 amide bonds. The van der Waals surface area contributed by atoms with Gasteiger partial charge < -0.3 is 0 Å². The smallest absolute Gasteiger partial charge is 0.266 e. The second-order valence-electron chi connectivity index (χ2n) is 5.63. The highest BCUT2D eigenvalue weighted by Crippen LogP contribution is 2.27. The van der Waals surface area contributed by atoms with Gasteiger partial charge in [-0.1, -0.05) is 23.2 Å². The Kier molecular flexibility index (Phi) is 5.66. The summed E-state index contributed by atoms with van der Waals surface area (Å²) >= 11 is 11.9. The molecule has 2 aromatic heterocycles. The minimum absolute atomic E-state index is 0.0223. The Labute approximate surface area is 165 Å². The van der Waals surface area contributed by atoms with E-state index < -0.39 is 10.0 Å². The Morgan fingerprint density at radius 3 is 2.67 bits per heavy atom. The molecule has 1 N–H and O–H groups in total. The van der Waals surface area contributed by atoms with Crippen molar-refractivity contribution in [3.63, 3.8) is 0 Å². The molecule has 1 aromatic carbocycles. The molecule has 0 bridgehead atoms. The van der Waals surface area contributed by atoms with Crippen LogP contribution in [-0.2, 0) is 16.6 Å². The number of rotatable bonds is 6. The van der Waals surface area contributed by atoms with Gasteiger partial charge in [-0.3, -0.25) is 4.79 Å². The number of aromatic nitrogens is 4. The number of aryl methyl sites for hydroxylation is 1. The predicted octanol–water partition coefficient (Wildman–Crippen LogP) is 2.02. The molecule has 0 fully saturated rings. The maximum Gasteiger partial charge on any atom is 0.266 e. The van der Waals surface area contributed by atoms with Crippen LogP contribution in [0.15, 0.2) is 52.4 Å². The van der Waals surface area contributed by atoms with Gasteiger partial charge in [0.25, 0.3) is 5.56 Å². The third-order valence-corrected chi connectivity index (χ3v) is 6.04. The Hall–Kier alpha value is -2.20. The Bertz CT molecular complexity index is 1130. The molecule has 0 atom stereocenters. The molecule has 3 rings (SSSR count). The van der Waals surface area contributed by atoms with Crippen LogP contribution >= 0.6 is 23.2 Å². The lowest BCUT2D eigenvalue weighted by atomic mass is 10.2. The maximum absolute atomic E-state index is 12.5. The van der Waals surface area contributed by atoms with Crippen LogP contribution in [0, 0.1) is 6.92 Å². The Balaban J connectivity index is 1.75. The van der Waals surface area contributed by atoms with Gasteiger partial charge in [0.05, 0.1) is 11.6 Å². The molecule has 3 aromatic rings. The molecule has 0 aliphatic carbocycles. The van der Waals surface area contributed by atoms with E-state index >= 15 is 0 Å². The van der Waals surface area contributed by atoms with Gasteiger partial charge in [-0.15, -0.1) is 5.10 Å². The van der Waals surface area contributed by atoms with Crippen LogP contribution in [0.3, 0.4) is 0 Å². The van der Waals surface area contributed by atoms with Crippen LogP contribution in [0.2, 0.25) is 10.0 Å². The first-order chi connectivity index (χ1) is 12.8. The SMILES string of the molecule is Cc1cc(S(=O)(=O)NCCn2nc(-n3cccn3)ccc2=O)c(Cl)cc1Cl. The number of halogens is 2. The summed E-state index contributed by atoms with van der Waals surface area (Å²) in [4.78, 5) is 11.9. The van der Waals surface area contributed by atoms with E-state index in [1.54, 1.807) is 25.4 Å². The van der Waals surface area contributed by atoms with Crippen LogP contribution in [-0.4, -0.2) is 34.5 Å². The van der Waals surface area contributed by atoms with Crippen molar-refractivity contribution in [2.24, 2.45) is 0 Å². The zero-order valence-electron chi connectivity index (χ0n) is 14.1. The van der Waals surface area contributed by atoms with E-state index in [4.69, 9.17) is 23.2 Å². The molecule has 0 radical (unpaired) electrons. The molecule has 0 saturated heterocycles. The van der Waals surface area contributed by atoms with Crippen LogP contribution in [0.4, 0.5) is 0 Å². The summed E-state index contributed by atoms with van der Waals surface area (Å²) in [6, 6.07) is 7.38. The summed E-state index contributed by atoms with van der Waals surface area (Å²) in [5.74, 6) is 0.443. The molecule has 0 unspecified atom stereocenters. The Morgan fingerprint density at radius 2 is 1.96 bits per heavy atom. The van der Waals surface area contributed by atoms with Crippen LogP contribution in [0.1, 0.15) is 5.56 Å². The molecule has 0 spiro atoms. The van der Waals surface area contributed by atoms with E-state index in [1.165, 1.54) is 28.9 Å². The van der Waals surface area contributed by atoms with Crippen molar-refractivity contribution in [2.45, 2.75) is 18.4 Å². The standard InChI is InChI=1S/C16H15Cl2N5O3S/c1-11-9-14(13(18)10-12(11)17)27(25,26)20-6-8-23-16(24)4-3-15(21-23)22-7-2-5-19-22/h2-5,7,9-10,20H,6,8H2,1H3. The molecule has 2 heterocycles. The van der Waals surface area contributed by atoms with Crippen LogP contribution < -0.4 is 10.3 Å². The first-order valence-corrected chi connectivity index (χ1v) is 10.1. The number of hydrogen-bond donors (Lipinski definition) is 1. The van der Waals surface area contributed by atoms with Crippen molar-refractivity contribution in [1.29, 1.82) is 0 Å². The average Bonchev–Trinajstić information content (AvgIpc) is 3.14. The summed E-state index contributed by atoms with van der Waals surface area (Å²) in [7, 11) is -3.87. The minimum atomic E-state index is -3.87. The van der Waals surface area contributed by atoms with Gasteiger partial charge in [0, 0.05) is 30.0 Å². The summed E-state index contributed by atoms with van der Waals surface area (Å²) in [5, 5.41) is 8.62. The van der Waals surface area contributed by atoms with Gasteiger partial charge in [-0.25, -0.2) is 22.5 Å². The topological polar surface area (TPSA) is 98.9 Å².